The second-order valence-electron chi connectivity index (χ2n) is 9.92. The van der Waals surface area contributed by atoms with E-state index in [0.29, 0.717) is 32.2 Å². The van der Waals surface area contributed by atoms with E-state index in [4.69, 9.17) is 9.47 Å². The standard InChI is InChI=1S/C28H38N2O4S/c1-20(2)21-8-10-23(11-9-21)34-19-25-24-13-17-35-26(24)12-14-30(25)27(31)18-29(15-16-33-3)28(32)22-6-4-5-7-22/h8-11,13,17,20,22,25H,4-7,12,14-16,18-19H2,1-3H3/t25-/m0/s1. The first-order valence-corrected chi connectivity index (χ1v) is 13.7. The van der Waals surface area contributed by atoms with Crippen LogP contribution in [0.2, 0.25) is 0 Å². The van der Waals surface area contributed by atoms with Crippen LogP contribution < -0.4 is 4.74 Å². The predicted octanol–water partition coefficient (Wildman–Crippen LogP) is 5.04. The van der Waals surface area contributed by atoms with Gasteiger partial charge in [0.15, 0.2) is 0 Å². The highest BCUT2D eigenvalue weighted by molar-refractivity contribution is 7.10. The molecule has 2 heterocycles. The van der Waals surface area contributed by atoms with Gasteiger partial charge in [-0.1, -0.05) is 38.8 Å². The van der Waals surface area contributed by atoms with E-state index in [-0.39, 0.29) is 30.3 Å². The van der Waals surface area contributed by atoms with E-state index in [1.54, 1.807) is 23.3 Å². The number of amides is 2. The molecule has 1 aromatic carbocycles. The number of nitrogens with zero attached hydrogens (tertiary/aromatic N) is 2. The topological polar surface area (TPSA) is 59.1 Å². The van der Waals surface area contributed by atoms with Gasteiger partial charge in [0.2, 0.25) is 11.8 Å². The van der Waals surface area contributed by atoms with E-state index in [1.807, 2.05) is 17.0 Å². The van der Waals surface area contributed by atoms with Gasteiger partial charge in [-0.3, -0.25) is 9.59 Å². The molecule has 1 aromatic heterocycles. The van der Waals surface area contributed by atoms with E-state index >= 15 is 0 Å². The van der Waals surface area contributed by atoms with E-state index < -0.39 is 0 Å². The fourth-order valence-electron chi connectivity index (χ4n) is 5.15. The van der Waals surface area contributed by atoms with Crippen molar-refractivity contribution in [3.8, 4) is 5.75 Å². The summed E-state index contributed by atoms with van der Waals surface area (Å²) in [7, 11) is 1.63. The second-order valence-corrected chi connectivity index (χ2v) is 10.9. The smallest absolute Gasteiger partial charge is 0.242 e. The Kier molecular flexibility index (Phi) is 8.84. The molecule has 0 spiro atoms. The van der Waals surface area contributed by atoms with Crippen LogP contribution in [0.4, 0.5) is 0 Å². The molecule has 0 radical (unpaired) electrons. The molecule has 0 saturated heterocycles. The Labute approximate surface area is 213 Å². The van der Waals surface area contributed by atoms with Gasteiger partial charge in [0.25, 0.3) is 0 Å². The lowest BCUT2D eigenvalue weighted by Crippen LogP contribution is -2.49. The number of methoxy groups -OCH3 is 1. The Morgan fingerprint density at radius 3 is 2.57 bits per heavy atom. The van der Waals surface area contributed by atoms with Gasteiger partial charge in [-0.05, 0) is 59.9 Å². The average Bonchev–Trinajstić information content (AvgIpc) is 3.57. The summed E-state index contributed by atoms with van der Waals surface area (Å²) in [6.07, 6.45) is 4.86. The summed E-state index contributed by atoms with van der Waals surface area (Å²) >= 11 is 1.74. The van der Waals surface area contributed by atoms with Gasteiger partial charge >= 0.3 is 0 Å². The third-order valence-corrected chi connectivity index (χ3v) is 8.27. The van der Waals surface area contributed by atoms with Crippen LogP contribution in [-0.2, 0) is 20.7 Å². The molecule has 1 atom stereocenters. The Morgan fingerprint density at radius 2 is 1.89 bits per heavy atom. The molecule has 6 nitrogen and oxygen atoms in total. The number of thiophene rings is 1. The van der Waals surface area contributed by atoms with Gasteiger partial charge in [0, 0.05) is 31.0 Å². The van der Waals surface area contributed by atoms with E-state index in [2.05, 4.69) is 37.4 Å². The molecular weight excluding hydrogens is 460 g/mol. The van der Waals surface area contributed by atoms with Gasteiger partial charge < -0.3 is 19.3 Å². The molecule has 1 aliphatic carbocycles. The maximum absolute atomic E-state index is 13.6. The monoisotopic (exact) mass is 498 g/mol. The largest absolute Gasteiger partial charge is 0.491 e. The quantitative estimate of drug-likeness (QED) is 0.460. The first kappa shape index (κ1) is 25.7. The van der Waals surface area contributed by atoms with Crippen molar-refractivity contribution < 1.29 is 19.1 Å². The molecule has 190 valence electrons. The third-order valence-electron chi connectivity index (χ3n) is 7.28. The van der Waals surface area contributed by atoms with E-state index in [1.165, 1.54) is 16.0 Å². The van der Waals surface area contributed by atoms with Gasteiger partial charge in [0.1, 0.15) is 12.4 Å². The molecule has 2 aliphatic rings. The van der Waals surface area contributed by atoms with Gasteiger partial charge in [-0.15, -0.1) is 11.3 Å². The Balaban J connectivity index is 1.47. The van der Waals surface area contributed by atoms with Crippen LogP contribution in [-0.4, -0.2) is 61.6 Å². The number of fused-ring (bicyclic) bond motifs is 1. The van der Waals surface area contributed by atoms with Crippen LogP contribution in [0.25, 0.3) is 0 Å². The van der Waals surface area contributed by atoms with Gasteiger partial charge in [-0.2, -0.15) is 0 Å². The van der Waals surface area contributed by atoms with Crippen LogP contribution in [0.1, 0.15) is 67.5 Å². The minimum atomic E-state index is -0.159. The van der Waals surface area contributed by atoms with Crippen molar-refractivity contribution in [3.63, 3.8) is 0 Å². The van der Waals surface area contributed by atoms with Crippen molar-refractivity contribution in [2.75, 3.05) is 40.0 Å². The van der Waals surface area contributed by atoms with E-state index in [9.17, 15) is 9.59 Å². The highest BCUT2D eigenvalue weighted by Gasteiger charge is 2.35. The molecule has 4 rings (SSSR count). The highest BCUT2D eigenvalue weighted by atomic mass is 32.1. The molecule has 0 unspecified atom stereocenters. The van der Waals surface area contributed by atoms with Crippen LogP contribution >= 0.6 is 11.3 Å². The highest BCUT2D eigenvalue weighted by Crippen LogP contribution is 2.34. The molecule has 7 heteroatoms. The van der Waals surface area contributed by atoms with Crippen molar-refractivity contribution in [2.45, 2.75) is 57.9 Å². The van der Waals surface area contributed by atoms with Gasteiger partial charge in [-0.25, -0.2) is 0 Å². The number of hydrogen-bond donors (Lipinski definition) is 0. The first-order valence-electron chi connectivity index (χ1n) is 12.8. The molecule has 0 bridgehead atoms. The SMILES string of the molecule is COCCN(CC(=O)N1CCc2sccc2[C@@H]1COc1ccc(C(C)C)cc1)C(=O)C1CCCC1. The summed E-state index contributed by atoms with van der Waals surface area (Å²) < 4.78 is 11.4. The zero-order valence-electron chi connectivity index (χ0n) is 21.2. The maximum atomic E-state index is 13.6. The Morgan fingerprint density at radius 1 is 1.14 bits per heavy atom. The fraction of sp³-hybridized carbons (Fsp3) is 0.571. The minimum Gasteiger partial charge on any atom is -0.491 e. The van der Waals surface area contributed by atoms with Crippen LogP contribution in [0, 0.1) is 5.92 Å². The molecule has 1 fully saturated rings. The maximum Gasteiger partial charge on any atom is 0.242 e. The first-order chi connectivity index (χ1) is 17.0. The Bertz CT molecular complexity index is 981. The summed E-state index contributed by atoms with van der Waals surface area (Å²) in [6, 6.07) is 10.2. The van der Waals surface area contributed by atoms with Crippen molar-refractivity contribution in [2.24, 2.45) is 5.92 Å². The number of carbonyl (C=O) groups excluding carboxylic acids is 2. The molecule has 1 aliphatic heterocycles. The second kappa shape index (κ2) is 12.0. The molecule has 2 aromatic rings. The summed E-state index contributed by atoms with van der Waals surface area (Å²) in [6.45, 7) is 6.35. The number of hydrogen-bond acceptors (Lipinski definition) is 5. The third kappa shape index (κ3) is 6.25. The number of benzene rings is 1. The van der Waals surface area contributed by atoms with Crippen LogP contribution in [0.15, 0.2) is 35.7 Å². The zero-order chi connectivity index (χ0) is 24.8. The van der Waals surface area contributed by atoms with Crippen molar-refractivity contribution in [1.82, 2.24) is 9.80 Å². The van der Waals surface area contributed by atoms with Crippen molar-refractivity contribution in [1.29, 1.82) is 0 Å². The fourth-order valence-corrected chi connectivity index (χ4v) is 6.08. The lowest BCUT2D eigenvalue weighted by atomic mass is 10.00. The minimum absolute atomic E-state index is 0.0203. The molecular formula is C28H38N2O4S. The normalized spacial score (nSPS) is 18.1. The van der Waals surface area contributed by atoms with Crippen molar-refractivity contribution in [3.05, 3.63) is 51.7 Å². The molecule has 1 saturated carbocycles. The lowest BCUT2D eigenvalue weighted by molar-refractivity contribution is -0.145. The number of ether oxygens (including phenoxy) is 2. The average molecular weight is 499 g/mol. The van der Waals surface area contributed by atoms with Gasteiger partial charge in [0.05, 0.1) is 19.2 Å². The number of carbonyl (C=O) groups is 2. The van der Waals surface area contributed by atoms with Crippen LogP contribution in [0.3, 0.4) is 0 Å². The zero-order valence-corrected chi connectivity index (χ0v) is 22.0. The molecule has 2 amide bonds. The molecule has 35 heavy (non-hydrogen) atoms. The molecule has 0 N–H and O–H groups in total. The summed E-state index contributed by atoms with van der Waals surface area (Å²) in [5.74, 6) is 1.39. The Hall–Kier alpha value is -2.38. The lowest BCUT2D eigenvalue weighted by Gasteiger charge is -2.37. The summed E-state index contributed by atoms with van der Waals surface area (Å²) in [4.78, 5) is 31.7. The number of rotatable bonds is 10. The van der Waals surface area contributed by atoms with Crippen LogP contribution in [0.5, 0.6) is 5.75 Å². The summed E-state index contributed by atoms with van der Waals surface area (Å²) in [5, 5.41) is 2.09. The van der Waals surface area contributed by atoms with Crippen molar-refractivity contribution >= 4 is 23.2 Å². The predicted molar refractivity (Wildman–Crippen MR) is 139 cm³/mol. The van der Waals surface area contributed by atoms with E-state index in [0.717, 1.165) is 37.9 Å². The summed E-state index contributed by atoms with van der Waals surface area (Å²) in [5.41, 5.74) is 2.44.